The Kier molecular flexibility index (Phi) is 4.89. The highest BCUT2D eigenvalue weighted by Crippen LogP contribution is 2.21. The number of nitrogens with one attached hydrogen (secondary N) is 1. The van der Waals surface area contributed by atoms with E-state index in [1.54, 1.807) is 6.07 Å². The zero-order valence-electron chi connectivity index (χ0n) is 11.2. The zero-order chi connectivity index (χ0) is 14.5. The van der Waals surface area contributed by atoms with E-state index in [1.807, 2.05) is 31.2 Å². The van der Waals surface area contributed by atoms with E-state index in [4.69, 9.17) is 10.2 Å². The number of rotatable bonds is 6. The van der Waals surface area contributed by atoms with Crippen molar-refractivity contribution in [1.29, 1.82) is 0 Å². The number of benzene rings is 1. The molecule has 0 saturated heterocycles. The number of carboxylic acid groups (broad SMARTS) is 1. The van der Waals surface area contributed by atoms with Crippen LogP contribution in [0.4, 0.5) is 0 Å². The molecule has 0 unspecified atom stereocenters. The van der Waals surface area contributed by atoms with Crippen LogP contribution in [0.3, 0.4) is 0 Å². The number of aryl methyl sites for hydroxylation is 1. The van der Waals surface area contributed by atoms with Gasteiger partial charge in [0, 0.05) is 18.0 Å². The molecule has 2 aromatic rings. The standard InChI is InChI=1S/C15H17NO3S/c1-10-13(6-14(20-10)15(18)19)8-16-7-11-3-2-4-12(5-11)9-17/h2-6,16-17H,7-9H2,1H3,(H,18,19). The lowest BCUT2D eigenvalue weighted by Gasteiger charge is -2.06. The van der Waals surface area contributed by atoms with Crippen LogP contribution in [-0.4, -0.2) is 16.2 Å². The Bertz CT molecular complexity index is 607. The van der Waals surface area contributed by atoms with Crippen molar-refractivity contribution >= 4 is 17.3 Å². The SMILES string of the molecule is Cc1sc(C(=O)O)cc1CNCc1cccc(CO)c1. The molecule has 1 aromatic carbocycles. The number of hydrogen-bond donors (Lipinski definition) is 3. The number of aliphatic hydroxyl groups is 1. The fourth-order valence-electron chi connectivity index (χ4n) is 1.98. The minimum Gasteiger partial charge on any atom is -0.477 e. The summed E-state index contributed by atoms with van der Waals surface area (Å²) in [6.45, 7) is 3.30. The monoisotopic (exact) mass is 291 g/mol. The fraction of sp³-hybridized carbons (Fsp3) is 0.267. The molecule has 1 heterocycles. The van der Waals surface area contributed by atoms with Gasteiger partial charge in [-0.1, -0.05) is 24.3 Å². The summed E-state index contributed by atoms with van der Waals surface area (Å²) in [4.78, 5) is 12.3. The Labute approximate surface area is 121 Å². The highest BCUT2D eigenvalue weighted by Gasteiger charge is 2.10. The van der Waals surface area contributed by atoms with Crippen LogP contribution in [-0.2, 0) is 19.7 Å². The molecule has 0 amide bonds. The van der Waals surface area contributed by atoms with Gasteiger partial charge in [0.2, 0.25) is 0 Å². The van der Waals surface area contributed by atoms with E-state index < -0.39 is 5.97 Å². The fourth-order valence-corrected chi connectivity index (χ4v) is 2.86. The molecule has 106 valence electrons. The van der Waals surface area contributed by atoms with Gasteiger partial charge < -0.3 is 15.5 Å². The minimum absolute atomic E-state index is 0.0411. The van der Waals surface area contributed by atoms with E-state index in [0.29, 0.717) is 18.0 Å². The van der Waals surface area contributed by atoms with Gasteiger partial charge >= 0.3 is 5.97 Å². The van der Waals surface area contributed by atoms with Crippen LogP contribution >= 0.6 is 11.3 Å². The van der Waals surface area contributed by atoms with Crippen molar-refractivity contribution in [2.24, 2.45) is 0 Å². The van der Waals surface area contributed by atoms with Crippen molar-refractivity contribution in [3.63, 3.8) is 0 Å². The summed E-state index contributed by atoms with van der Waals surface area (Å²) in [5, 5.41) is 21.3. The first-order valence-electron chi connectivity index (χ1n) is 6.32. The van der Waals surface area contributed by atoms with Crippen LogP contribution in [0.15, 0.2) is 30.3 Å². The van der Waals surface area contributed by atoms with Gasteiger partial charge in [-0.15, -0.1) is 11.3 Å². The molecule has 0 aliphatic carbocycles. The molecule has 0 bridgehead atoms. The Morgan fingerprint density at radius 2 is 2.00 bits per heavy atom. The molecule has 0 aliphatic rings. The van der Waals surface area contributed by atoms with Crippen LogP contribution in [0.5, 0.6) is 0 Å². The average Bonchev–Trinajstić information content (AvgIpc) is 2.81. The summed E-state index contributed by atoms with van der Waals surface area (Å²) in [5.41, 5.74) is 3.01. The lowest BCUT2D eigenvalue weighted by atomic mass is 10.1. The highest BCUT2D eigenvalue weighted by atomic mass is 32.1. The number of carboxylic acids is 1. The van der Waals surface area contributed by atoms with E-state index in [-0.39, 0.29) is 6.61 Å². The molecule has 1 aromatic heterocycles. The van der Waals surface area contributed by atoms with Crippen molar-refractivity contribution in [3.05, 3.63) is 56.8 Å². The minimum atomic E-state index is -0.875. The van der Waals surface area contributed by atoms with Crippen LogP contribution < -0.4 is 5.32 Å². The molecular formula is C15H17NO3S. The summed E-state index contributed by atoms with van der Waals surface area (Å²) in [6, 6.07) is 9.47. The largest absolute Gasteiger partial charge is 0.477 e. The van der Waals surface area contributed by atoms with Crippen molar-refractivity contribution < 1.29 is 15.0 Å². The second kappa shape index (κ2) is 6.65. The number of carbonyl (C=O) groups is 1. The van der Waals surface area contributed by atoms with Crippen LogP contribution in [0.1, 0.15) is 31.2 Å². The van der Waals surface area contributed by atoms with Gasteiger partial charge in [0.1, 0.15) is 4.88 Å². The Balaban J connectivity index is 1.94. The van der Waals surface area contributed by atoms with Gasteiger partial charge in [-0.3, -0.25) is 0 Å². The van der Waals surface area contributed by atoms with Crippen LogP contribution in [0.25, 0.3) is 0 Å². The van der Waals surface area contributed by atoms with Crippen molar-refractivity contribution in [1.82, 2.24) is 5.32 Å². The van der Waals surface area contributed by atoms with E-state index in [9.17, 15) is 4.79 Å². The van der Waals surface area contributed by atoms with Gasteiger partial charge in [0.05, 0.1) is 6.61 Å². The van der Waals surface area contributed by atoms with Crippen molar-refractivity contribution in [2.75, 3.05) is 0 Å². The molecule has 2 rings (SSSR count). The number of aliphatic hydroxyl groups excluding tert-OH is 1. The highest BCUT2D eigenvalue weighted by molar-refractivity contribution is 7.14. The molecule has 0 spiro atoms. The third kappa shape index (κ3) is 3.66. The second-order valence-electron chi connectivity index (χ2n) is 4.58. The maximum Gasteiger partial charge on any atom is 0.345 e. The van der Waals surface area contributed by atoms with E-state index >= 15 is 0 Å². The maximum absolute atomic E-state index is 10.9. The van der Waals surface area contributed by atoms with Crippen LogP contribution in [0, 0.1) is 6.92 Å². The third-order valence-electron chi connectivity index (χ3n) is 3.05. The summed E-state index contributed by atoms with van der Waals surface area (Å²) in [5.74, 6) is -0.875. The Morgan fingerprint density at radius 3 is 2.65 bits per heavy atom. The van der Waals surface area contributed by atoms with E-state index in [1.165, 1.54) is 11.3 Å². The van der Waals surface area contributed by atoms with Crippen molar-refractivity contribution in [3.8, 4) is 0 Å². The molecule has 0 radical (unpaired) electrons. The van der Waals surface area contributed by atoms with E-state index in [0.717, 1.165) is 21.6 Å². The molecule has 0 atom stereocenters. The average molecular weight is 291 g/mol. The quantitative estimate of drug-likeness (QED) is 0.765. The topological polar surface area (TPSA) is 69.6 Å². The summed E-state index contributed by atoms with van der Waals surface area (Å²) >= 11 is 1.30. The molecule has 4 nitrogen and oxygen atoms in total. The molecule has 0 fully saturated rings. The summed E-state index contributed by atoms with van der Waals surface area (Å²) in [6.07, 6.45) is 0. The normalized spacial score (nSPS) is 10.7. The Morgan fingerprint density at radius 1 is 1.25 bits per heavy atom. The first kappa shape index (κ1) is 14.7. The first-order valence-corrected chi connectivity index (χ1v) is 7.14. The summed E-state index contributed by atoms with van der Waals surface area (Å²) in [7, 11) is 0. The van der Waals surface area contributed by atoms with Gasteiger partial charge in [-0.2, -0.15) is 0 Å². The Hall–Kier alpha value is -1.69. The maximum atomic E-state index is 10.9. The zero-order valence-corrected chi connectivity index (χ0v) is 12.0. The predicted octanol–water partition coefficient (Wildman–Crippen LogP) is 2.54. The number of thiophene rings is 1. The number of aromatic carboxylic acids is 1. The third-order valence-corrected chi connectivity index (χ3v) is 4.13. The summed E-state index contributed by atoms with van der Waals surface area (Å²) < 4.78 is 0. The molecule has 0 aliphatic heterocycles. The van der Waals surface area contributed by atoms with E-state index in [2.05, 4.69) is 5.32 Å². The van der Waals surface area contributed by atoms with Gasteiger partial charge in [-0.25, -0.2) is 4.79 Å². The van der Waals surface area contributed by atoms with Crippen molar-refractivity contribution in [2.45, 2.75) is 26.6 Å². The first-order chi connectivity index (χ1) is 9.60. The predicted molar refractivity (Wildman–Crippen MR) is 78.9 cm³/mol. The second-order valence-corrected chi connectivity index (χ2v) is 5.84. The molecular weight excluding hydrogens is 274 g/mol. The molecule has 3 N–H and O–H groups in total. The lowest BCUT2D eigenvalue weighted by molar-refractivity contribution is 0.0702. The molecule has 5 heteroatoms. The number of hydrogen-bond acceptors (Lipinski definition) is 4. The smallest absolute Gasteiger partial charge is 0.345 e. The lowest BCUT2D eigenvalue weighted by Crippen LogP contribution is -2.13. The van der Waals surface area contributed by atoms with Gasteiger partial charge in [0.15, 0.2) is 0 Å². The van der Waals surface area contributed by atoms with Gasteiger partial charge in [-0.05, 0) is 29.7 Å². The van der Waals surface area contributed by atoms with Crippen LogP contribution in [0.2, 0.25) is 0 Å². The van der Waals surface area contributed by atoms with Gasteiger partial charge in [0.25, 0.3) is 0 Å². The molecule has 20 heavy (non-hydrogen) atoms. The molecule has 0 saturated carbocycles.